The number of likely N-dealkylation sites (tertiary alicyclic amines) is 1. The monoisotopic (exact) mass is 220 g/mol. The minimum atomic E-state index is 0.342. The van der Waals surface area contributed by atoms with E-state index in [0.717, 1.165) is 38.9 Å². The van der Waals surface area contributed by atoms with Gasteiger partial charge in [-0.1, -0.05) is 12.1 Å². The number of nitrogens with two attached hydrogens (primary N) is 1. The maximum Gasteiger partial charge on any atom is 0.115 e. The highest BCUT2D eigenvalue weighted by molar-refractivity contribution is 5.25. The number of phenolic OH excluding ortho intramolecular Hbond substituents is 1. The van der Waals surface area contributed by atoms with Gasteiger partial charge in [0.25, 0.3) is 0 Å². The van der Waals surface area contributed by atoms with Crippen LogP contribution in [0.25, 0.3) is 0 Å². The third-order valence-electron chi connectivity index (χ3n) is 3.18. The molecule has 3 heteroatoms. The third kappa shape index (κ3) is 3.22. The molecule has 1 aliphatic rings. The van der Waals surface area contributed by atoms with E-state index in [-0.39, 0.29) is 0 Å². The second kappa shape index (κ2) is 5.32. The standard InChI is InChI=1S/C13H20N2O/c14-12-7-9-15(10-12)8-1-2-11-3-5-13(16)6-4-11/h3-6,12,16H,1-2,7-10,14H2. The first-order valence-electron chi connectivity index (χ1n) is 6.00. The summed E-state index contributed by atoms with van der Waals surface area (Å²) < 4.78 is 0. The number of aryl methyl sites for hydroxylation is 1. The molecule has 2 rings (SSSR count). The Bertz CT molecular complexity index is 323. The lowest BCUT2D eigenvalue weighted by Crippen LogP contribution is -2.27. The lowest BCUT2D eigenvalue weighted by Gasteiger charge is -2.14. The number of benzene rings is 1. The van der Waals surface area contributed by atoms with Gasteiger partial charge < -0.3 is 15.7 Å². The lowest BCUT2D eigenvalue weighted by molar-refractivity contribution is 0.329. The molecule has 0 aliphatic carbocycles. The van der Waals surface area contributed by atoms with E-state index in [4.69, 9.17) is 10.8 Å². The summed E-state index contributed by atoms with van der Waals surface area (Å²) in [5.41, 5.74) is 7.15. The van der Waals surface area contributed by atoms with Gasteiger partial charge in [-0.15, -0.1) is 0 Å². The molecule has 0 radical (unpaired) electrons. The van der Waals surface area contributed by atoms with Crippen molar-refractivity contribution in [3.05, 3.63) is 29.8 Å². The Labute approximate surface area is 96.9 Å². The van der Waals surface area contributed by atoms with Crippen LogP contribution >= 0.6 is 0 Å². The van der Waals surface area contributed by atoms with E-state index in [1.54, 1.807) is 12.1 Å². The molecule has 0 amide bonds. The van der Waals surface area contributed by atoms with Crippen LogP contribution in [0.15, 0.2) is 24.3 Å². The number of nitrogens with zero attached hydrogens (tertiary/aromatic N) is 1. The highest BCUT2D eigenvalue weighted by atomic mass is 16.3. The first kappa shape index (κ1) is 11.4. The van der Waals surface area contributed by atoms with Crippen LogP contribution in [0.5, 0.6) is 5.75 Å². The van der Waals surface area contributed by atoms with Crippen molar-refractivity contribution in [1.29, 1.82) is 0 Å². The Morgan fingerprint density at radius 2 is 2.06 bits per heavy atom. The number of rotatable bonds is 4. The van der Waals surface area contributed by atoms with Crippen LogP contribution in [0.4, 0.5) is 0 Å². The van der Waals surface area contributed by atoms with E-state index in [9.17, 15) is 0 Å². The van der Waals surface area contributed by atoms with E-state index in [1.165, 1.54) is 5.56 Å². The van der Waals surface area contributed by atoms with Crippen molar-refractivity contribution in [2.45, 2.75) is 25.3 Å². The Kier molecular flexibility index (Phi) is 3.80. The zero-order valence-corrected chi connectivity index (χ0v) is 9.60. The first-order chi connectivity index (χ1) is 7.74. The average Bonchev–Trinajstić information content (AvgIpc) is 2.67. The van der Waals surface area contributed by atoms with Gasteiger partial charge in [-0.05, 0) is 50.0 Å². The van der Waals surface area contributed by atoms with Gasteiger partial charge in [0.05, 0.1) is 0 Å². The van der Waals surface area contributed by atoms with Crippen molar-refractivity contribution in [3.8, 4) is 5.75 Å². The molecule has 1 heterocycles. The summed E-state index contributed by atoms with van der Waals surface area (Å²) in [6, 6.07) is 7.87. The zero-order chi connectivity index (χ0) is 11.4. The average molecular weight is 220 g/mol. The second-order valence-corrected chi connectivity index (χ2v) is 4.62. The van der Waals surface area contributed by atoms with Crippen LogP contribution in [-0.2, 0) is 6.42 Å². The van der Waals surface area contributed by atoms with Gasteiger partial charge in [0, 0.05) is 12.6 Å². The number of hydrogen-bond acceptors (Lipinski definition) is 3. The molecule has 1 unspecified atom stereocenters. The van der Waals surface area contributed by atoms with E-state index < -0.39 is 0 Å². The number of hydrogen-bond donors (Lipinski definition) is 2. The van der Waals surface area contributed by atoms with Gasteiger partial charge in [-0.2, -0.15) is 0 Å². The summed E-state index contributed by atoms with van der Waals surface area (Å²) in [4.78, 5) is 2.44. The van der Waals surface area contributed by atoms with Crippen LogP contribution < -0.4 is 5.73 Å². The lowest BCUT2D eigenvalue weighted by atomic mass is 10.1. The fourth-order valence-corrected chi connectivity index (χ4v) is 2.24. The van der Waals surface area contributed by atoms with Gasteiger partial charge in [0.2, 0.25) is 0 Å². The molecular weight excluding hydrogens is 200 g/mol. The Balaban J connectivity index is 1.70. The summed E-state index contributed by atoms with van der Waals surface area (Å²) in [6.45, 7) is 3.33. The smallest absolute Gasteiger partial charge is 0.115 e. The third-order valence-corrected chi connectivity index (χ3v) is 3.18. The molecule has 1 saturated heterocycles. The molecule has 1 atom stereocenters. The van der Waals surface area contributed by atoms with Crippen LogP contribution in [0.2, 0.25) is 0 Å². The molecule has 3 nitrogen and oxygen atoms in total. The van der Waals surface area contributed by atoms with Crippen molar-refractivity contribution in [2.24, 2.45) is 5.73 Å². The molecule has 0 bridgehead atoms. The molecule has 3 N–H and O–H groups in total. The SMILES string of the molecule is NC1CCN(CCCc2ccc(O)cc2)C1. The van der Waals surface area contributed by atoms with Gasteiger partial charge in [-0.3, -0.25) is 0 Å². The van der Waals surface area contributed by atoms with Gasteiger partial charge in [-0.25, -0.2) is 0 Å². The topological polar surface area (TPSA) is 49.5 Å². The van der Waals surface area contributed by atoms with Crippen molar-refractivity contribution in [1.82, 2.24) is 4.90 Å². The predicted octanol–water partition coefficient (Wildman–Crippen LogP) is 1.36. The molecular formula is C13H20N2O. The first-order valence-corrected chi connectivity index (χ1v) is 6.00. The summed E-state index contributed by atoms with van der Waals surface area (Å²) in [7, 11) is 0. The van der Waals surface area contributed by atoms with Gasteiger partial charge in [0.1, 0.15) is 5.75 Å². The molecule has 1 fully saturated rings. The molecule has 16 heavy (non-hydrogen) atoms. The Morgan fingerprint density at radius 3 is 2.69 bits per heavy atom. The highest BCUT2D eigenvalue weighted by Gasteiger charge is 2.17. The van der Waals surface area contributed by atoms with Crippen LogP contribution in [0.3, 0.4) is 0 Å². The molecule has 0 saturated carbocycles. The summed E-state index contributed by atoms with van der Waals surface area (Å²) >= 11 is 0. The molecule has 0 spiro atoms. The normalized spacial score (nSPS) is 21.4. The largest absolute Gasteiger partial charge is 0.508 e. The van der Waals surface area contributed by atoms with Crippen LogP contribution in [-0.4, -0.2) is 35.7 Å². The van der Waals surface area contributed by atoms with Crippen LogP contribution in [0.1, 0.15) is 18.4 Å². The zero-order valence-electron chi connectivity index (χ0n) is 9.60. The molecule has 0 aromatic heterocycles. The Morgan fingerprint density at radius 1 is 1.31 bits per heavy atom. The van der Waals surface area contributed by atoms with Crippen LogP contribution in [0, 0.1) is 0 Å². The van der Waals surface area contributed by atoms with Crippen molar-refractivity contribution in [3.63, 3.8) is 0 Å². The Hall–Kier alpha value is -1.06. The fraction of sp³-hybridized carbons (Fsp3) is 0.538. The number of aromatic hydroxyl groups is 1. The quantitative estimate of drug-likeness (QED) is 0.805. The molecule has 1 aromatic rings. The predicted molar refractivity (Wildman–Crippen MR) is 65.5 cm³/mol. The van der Waals surface area contributed by atoms with Gasteiger partial charge in [0.15, 0.2) is 0 Å². The fourth-order valence-electron chi connectivity index (χ4n) is 2.24. The van der Waals surface area contributed by atoms with E-state index >= 15 is 0 Å². The summed E-state index contributed by atoms with van der Waals surface area (Å²) in [6.07, 6.45) is 3.38. The highest BCUT2D eigenvalue weighted by Crippen LogP contribution is 2.12. The molecule has 1 aliphatic heterocycles. The van der Waals surface area contributed by atoms with E-state index in [1.807, 2.05) is 12.1 Å². The summed E-state index contributed by atoms with van der Waals surface area (Å²) in [5, 5.41) is 9.16. The molecule has 1 aromatic carbocycles. The van der Waals surface area contributed by atoms with E-state index in [0.29, 0.717) is 11.8 Å². The minimum Gasteiger partial charge on any atom is -0.508 e. The maximum absolute atomic E-state index is 9.16. The molecule has 88 valence electrons. The van der Waals surface area contributed by atoms with E-state index in [2.05, 4.69) is 4.90 Å². The minimum absolute atomic E-state index is 0.342. The van der Waals surface area contributed by atoms with Crippen molar-refractivity contribution >= 4 is 0 Å². The van der Waals surface area contributed by atoms with Crippen molar-refractivity contribution in [2.75, 3.05) is 19.6 Å². The second-order valence-electron chi connectivity index (χ2n) is 4.62. The van der Waals surface area contributed by atoms with Gasteiger partial charge >= 0.3 is 0 Å². The summed E-state index contributed by atoms with van der Waals surface area (Å²) in [5.74, 6) is 0.342. The van der Waals surface area contributed by atoms with Crippen molar-refractivity contribution < 1.29 is 5.11 Å². The number of phenols is 1. The maximum atomic E-state index is 9.16.